The fourth-order valence-corrected chi connectivity index (χ4v) is 5.64. The van der Waals surface area contributed by atoms with Crippen molar-refractivity contribution in [3.8, 4) is 0 Å². The number of benzene rings is 1. The number of rotatable bonds is 6. The molecule has 2 heteroatoms. The molecule has 1 aromatic rings. The number of thioether (sulfide) groups is 1. The Morgan fingerprint density at radius 3 is 2.48 bits per heavy atom. The maximum atomic E-state index is 12.4. The molecule has 2 saturated heterocycles. The van der Waals surface area contributed by atoms with Crippen molar-refractivity contribution in [2.75, 3.05) is 0 Å². The largest absolute Gasteiger partial charge is 0.299 e. The van der Waals surface area contributed by atoms with Crippen LogP contribution in [0, 0.1) is 5.92 Å². The predicted molar refractivity (Wildman–Crippen MR) is 90.7 cm³/mol. The smallest absolute Gasteiger partial charge is 0.136 e. The van der Waals surface area contributed by atoms with Gasteiger partial charge in [0.2, 0.25) is 0 Å². The van der Waals surface area contributed by atoms with Gasteiger partial charge in [-0.3, -0.25) is 4.79 Å². The highest BCUT2D eigenvalue weighted by atomic mass is 32.2. The minimum absolute atomic E-state index is 0.387. The zero-order valence-electron chi connectivity index (χ0n) is 12.8. The van der Waals surface area contributed by atoms with Crippen LogP contribution in [0.2, 0.25) is 0 Å². The number of fused-ring (bicyclic) bond motifs is 2. The fraction of sp³-hybridized carbons (Fsp3) is 0.632. The van der Waals surface area contributed by atoms with Gasteiger partial charge in [-0.1, -0.05) is 36.8 Å². The molecule has 2 bridgehead atoms. The van der Waals surface area contributed by atoms with Crippen LogP contribution < -0.4 is 0 Å². The van der Waals surface area contributed by atoms with Crippen molar-refractivity contribution in [2.24, 2.45) is 5.92 Å². The highest BCUT2D eigenvalue weighted by Gasteiger charge is 2.35. The van der Waals surface area contributed by atoms with Gasteiger partial charge in [-0.2, -0.15) is 11.8 Å². The number of unbranched alkanes of at least 4 members (excludes halogenated alkanes) is 1. The molecule has 2 atom stereocenters. The standard InChI is InChI=1S/C19H26OS/c20-19(12-5-4-9-15-7-2-1-3-8-15)16-13-17-10-6-11-18(14-16)21-17/h1-3,7-8,16-18H,4-6,9-14H2. The Labute approximate surface area is 132 Å². The molecule has 21 heavy (non-hydrogen) atoms. The molecule has 1 nitrogen and oxygen atoms in total. The third-order valence-corrected chi connectivity index (χ3v) is 6.59. The molecule has 2 aliphatic heterocycles. The number of hydrogen-bond acceptors (Lipinski definition) is 2. The van der Waals surface area contributed by atoms with E-state index in [0.717, 1.165) is 36.2 Å². The average molecular weight is 302 g/mol. The first-order valence-corrected chi connectivity index (χ1v) is 9.47. The van der Waals surface area contributed by atoms with E-state index < -0.39 is 0 Å². The Hall–Kier alpha value is -0.760. The Bertz CT molecular complexity index is 444. The van der Waals surface area contributed by atoms with Crippen molar-refractivity contribution in [1.29, 1.82) is 0 Å². The lowest BCUT2D eigenvalue weighted by atomic mass is 9.85. The molecule has 3 rings (SSSR count). The second-order valence-corrected chi connectivity index (χ2v) is 8.24. The zero-order valence-corrected chi connectivity index (χ0v) is 13.6. The SMILES string of the molecule is O=C(CCCCc1ccccc1)C1CC2CCCC(C1)S2. The molecule has 2 fully saturated rings. The van der Waals surface area contributed by atoms with Crippen molar-refractivity contribution < 1.29 is 4.79 Å². The molecule has 1 aromatic carbocycles. The van der Waals surface area contributed by atoms with Crippen LogP contribution in [-0.4, -0.2) is 16.3 Å². The summed E-state index contributed by atoms with van der Waals surface area (Å²) >= 11 is 2.17. The molecule has 0 aromatic heterocycles. The highest BCUT2D eigenvalue weighted by Crippen LogP contribution is 2.44. The summed E-state index contributed by atoms with van der Waals surface area (Å²) in [6.07, 6.45) is 10.5. The van der Waals surface area contributed by atoms with E-state index in [2.05, 4.69) is 42.1 Å². The summed E-state index contributed by atoms with van der Waals surface area (Å²) in [6, 6.07) is 10.6. The Balaban J connectivity index is 1.38. The second kappa shape index (κ2) is 7.49. The van der Waals surface area contributed by atoms with E-state index in [1.807, 2.05) is 0 Å². The molecule has 2 heterocycles. The Morgan fingerprint density at radius 2 is 1.76 bits per heavy atom. The molecule has 0 saturated carbocycles. The molecule has 0 amide bonds. The zero-order chi connectivity index (χ0) is 14.5. The summed E-state index contributed by atoms with van der Waals surface area (Å²) in [7, 11) is 0. The summed E-state index contributed by atoms with van der Waals surface area (Å²) in [5.41, 5.74) is 1.40. The third-order valence-electron chi connectivity index (χ3n) is 4.97. The van der Waals surface area contributed by atoms with Gasteiger partial charge in [0.1, 0.15) is 5.78 Å². The van der Waals surface area contributed by atoms with E-state index in [-0.39, 0.29) is 0 Å². The number of carbonyl (C=O) groups is 1. The van der Waals surface area contributed by atoms with Crippen LogP contribution in [0.1, 0.15) is 56.9 Å². The van der Waals surface area contributed by atoms with Gasteiger partial charge < -0.3 is 0 Å². The second-order valence-electron chi connectivity index (χ2n) is 6.64. The van der Waals surface area contributed by atoms with E-state index in [0.29, 0.717) is 11.7 Å². The number of aryl methyl sites for hydroxylation is 1. The van der Waals surface area contributed by atoms with Gasteiger partial charge in [0.05, 0.1) is 0 Å². The van der Waals surface area contributed by atoms with Gasteiger partial charge in [0.15, 0.2) is 0 Å². The van der Waals surface area contributed by atoms with Crippen molar-refractivity contribution in [1.82, 2.24) is 0 Å². The summed E-state index contributed by atoms with van der Waals surface area (Å²) in [5.74, 6) is 0.943. The molecule has 2 unspecified atom stereocenters. The average Bonchev–Trinajstić information content (AvgIpc) is 2.52. The van der Waals surface area contributed by atoms with Crippen LogP contribution in [0.25, 0.3) is 0 Å². The van der Waals surface area contributed by atoms with Gasteiger partial charge in [0.25, 0.3) is 0 Å². The Kier molecular flexibility index (Phi) is 5.40. The highest BCUT2D eigenvalue weighted by molar-refractivity contribution is 8.00. The topological polar surface area (TPSA) is 17.1 Å². The third kappa shape index (κ3) is 4.35. The maximum Gasteiger partial charge on any atom is 0.136 e. The monoisotopic (exact) mass is 302 g/mol. The van der Waals surface area contributed by atoms with Gasteiger partial charge >= 0.3 is 0 Å². The van der Waals surface area contributed by atoms with Gasteiger partial charge in [-0.15, -0.1) is 0 Å². The van der Waals surface area contributed by atoms with Gasteiger partial charge in [0, 0.05) is 22.8 Å². The van der Waals surface area contributed by atoms with E-state index >= 15 is 0 Å². The van der Waals surface area contributed by atoms with Crippen LogP contribution in [0.4, 0.5) is 0 Å². The summed E-state index contributed by atoms with van der Waals surface area (Å²) in [4.78, 5) is 12.4. The van der Waals surface area contributed by atoms with Crippen LogP contribution in [-0.2, 0) is 11.2 Å². The van der Waals surface area contributed by atoms with E-state index in [1.54, 1.807) is 0 Å². The normalized spacial score (nSPS) is 28.3. The molecule has 114 valence electrons. The van der Waals surface area contributed by atoms with Crippen LogP contribution in [0.15, 0.2) is 30.3 Å². The quantitative estimate of drug-likeness (QED) is 0.685. The number of hydrogen-bond donors (Lipinski definition) is 0. The molecule has 0 radical (unpaired) electrons. The van der Waals surface area contributed by atoms with Crippen molar-refractivity contribution in [3.05, 3.63) is 35.9 Å². The lowest BCUT2D eigenvalue weighted by Crippen LogP contribution is -2.32. The first-order chi connectivity index (χ1) is 10.3. The molecular weight excluding hydrogens is 276 g/mol. The molecule has 0 aliphatic carbocycles. The first-order valence-electron chi connectivity index (χ1n) is 8.53. The number of carbonyl (C=O) groups excluding carboxylic acids is 1. The van der Waals surface area contributed by atoms with Crippen LogP contribution in [0.3, 0.4) is 0 Å². The van der Waals surface area contributed by atoms with Crippen LogP contribution >= 0.6 is 11.8 Å². The van der Waals surface area contributed by atoms with Gasteiger partial charge in [-0.25, -0.2) is 0 Å². The minimum atomic E-state index is 0.387. The van der Waals surface area contributed by atoms with E-state index in [9.17, 15) is 4.79 Å². The summed E-state index contributed by atoms with van der Waals surface area (Å²) in [6.45, 7) is 0. The molecule has 0 spiro atoms. The summed E-state index contributed by atoms with van der Waals surface area (Å²) in [5, 5.41) is 1.58. The van der Waals surface area contributed by atoms with Crippen molar-refractivity contribution >= 4 is 17.5 Å². The molecule has 2 aliphatic rings. The number of Topliss-reactive ketones (excluding diaryl/α,β-unsaturated/α-hetero) is 1. The molecular formula is C19H26OS. The molecule has 0 N–H and O–H groups in total. The minimum Gasteiger partial charge on any atom is -0.299 e. The number of ketones is 1. The maximum absolute atomic E-state index is 12.4. The van der Waals surface area contributed by atoms with Gasteiger partial charge in [-0.05, 0) is 50.5 Å². The fourth-order valence-electron chi connectivity index (χ4n) is 3.80. The first kappa shape index (κ1) is 15.1. The lowest BCUT2D eigenvalue weighted by molar-refractivity contribution is -0.123. The van der Waals surface area contributed by atoms with Crippen molar-refractivity contribution in [2.45, 2.75) is 68.3 Å². The predicted octanol–water partition coefficient (Wildman–Crippen LogP) is 5.03. The van der Waals surface area contributed by atoms with Crippen LogP contribution in [0.5, 0.6) is 0 Å². The summed E-state index contributed by atoms with van der Waals surface area (Å²) < 4.78 is 0. The van der Waals surface area contributed by atoms with E-state index in [4.69, 9.17) is 0 Å². The Morgan fingerprint density at radius 1 is 1.05 bits per heavy atom. The lowest BCUT2D eigenvalue weighted by Gasteiger charge is -2.38. The van der Waals surface area contributed by atoms with E-state index in [1.165, 1.54) is 37.7 Å². The van der Waals surface area contributed by atoms with Crippen molar-refractivity contribution in [3.63, 3.8) is 0 Å².